The minimum absolute atomic E-state index is 0.336. The molecule has 6 heteroatoms. The average Bonchev–Trinajstić information content (AvgIpc) is 2.82. The maximum absolute atomic E-state index is 12.9. The van der Waals surface area contributed by atoms with Gasteiger partial charge in [-0.1, -0.05) is 24.3 Å². The van der Waals surface area contributed by atoms with Gasteiger partial charge in [0.25, 0.3) is 0 Å². The van der Waals surface area contributed by atoms with Gasteiger partial charge >= 0.3 is 5.63 Å². The highest BCUT2D eigenvalue weighted by Gasteiger charge is 2.16. The smallest absolute Gasteiger partial charge is 0.344 e. The third-order valence-corrected chi connectivity index (χ3v) is 5.40. The van der Waals surface area contributed by atoms with Crippen LogP contribution in [0.2, 0.25) is 0 Å². The number of benzene rings is 3. The van der Waals surface area contributed by atoms with Gasteiger partial charge in [0, 0.05) is 17.0 Å². The van der Waals surface area contributed by atoms with E-state index in [4.69, 9.17) is 23.4 Å². The molecule has 0 spiro atoms. The fourth-order valence-electron chi connectivity index (χ4n) is 3.73. The second kappa shape index (κ2) is 9.06. The van der Waals surface area contributed by atoms with Gasteiger partial charge in [-0.3, -0.25) is 0 Å². The first kappa shape index (κ1) is 21.3. The molecule has 0 aliphatic heterocycles. The van der Waals surface area contributed by atoms with Crippen molar-refractivity contribution in [3.63, 3.8) is 0 Å². The summed E-state index contributed by atoms with van der Waals surface area (Å²) in [7, 11) is 4.76. The molecule has 0 atom stereocenters. The molecule has 0 radical (unpaired) electrons. The van der Waals surface area contributed by atoms with Gasteiger partial charge in [0.2, 0.25) is 0 Å². The van der Waals surface area contributed by atoms with Gasteiger partial charge in [-0.2, -0.15) is 0 Å². The fourth-order valence-corrected chi connectivity index (χ4v) is 3.73. The lowest BCUT2D eigenvalue weighted by atomic mass is 9.99. The Hall–Kier alpha value is -3.93. The monoisotopic (exact) mass is 432 g/mol. The van der Waals surface area contributed by atoms with E-state index in [9.17, 15) is 4.79 Å². The lowest BCUT2D eigenvalue weighted by Gasteiger charge is -2.13. The molecule has 0 fully saturated rings. The Balaban J connectivity index is 1.69. The third kappa shape index (κ3) is 3.99. The van der Waals surface area contributed by atoms with Crippen molar-refractivity contribution in [3.8, 4) is 34.1 Å². The molecule has 3 aromatic carbocycles. The Morgan fingerprint density at radius 1 is 0.812 bits per heavy atom. The van der Waals surface area contributed by atoms with E-state index in [1.807, 2.05) is 49.4 Å². The topological polar surface area (TPSA) is 67.1 Å². The van der Waals surface area contributed by atoms with Crippen LogP contribution in [0.1, 0.15) is 11.1 Å². The van der Waals surface area contributed by atoms with Crippen LogP contribution in [0.4, 0.5) is 0 Å². The van der Waals surface area contributed by atoms with Gasteiger partial charge in [0.15, 0.2) is 11.5 Å². The van der Waals surface area contributed by atoms with Crippen LogP contribution in [0.3, 0.4) is 0 Å². The molecule has 0 saturated heterocycles. The summed E-state index contributed by atoms with van der Waals surface area (Å²) in [5, 5.41) is 0.832. The molecule has 0 N–H and O–H groups in total. The third-order valence-electron chi connectivity index (χ3n) is 5.40. The van der Waals surface area contributed by atoms with Crippen molar-refractivity contribution in [2.45, 2.75) is 13.5 Å². The van der Waals surface area contributed by atoms with Gasteiger partial charge in [-0.05, 0) is 48.4 Å². The summed E-state index contributed by atoms with van der Waals surface area (Å²) in [4.78, 5) is 12.9. The largest absolute Gasteiger partial charge is 0.496 e. The van der Waals surface area contributed by atoms with Crippen LogP contribution in [0.25, 0.3) is 22.1 Å². The van der Waals surface area contributed by atoms with Crippen molar-refractivity contribution in [2.75, 3.05) is 21.3 Å². The molecule has 164 valence electrons. The normalized spacial score (nSPS) is 10.8. The van der Waals surface area contributed by atoms with Crippen LogP contribution in [0, 0.1) is 6.92 Å². The zero-order chi connectivity index (χ0) is 22.7. The highest BCUT2D eigenvalue weighted by atomic mass is 16.5. The van der Waals surface area contributed by atoms with E-state index in [0.29, 0.717) is 40.6 Å². The van der Waals surface area contributed by atoms with Crippen molar-refractivity contribution >= 4 is 11.0 Å². The first-order chi connectivity index (χ1) is 15.5. The lowest BCUT2D eigenvalue weighted by molar-refractivity contribution is 0.296. The summed E-state index contributed by atoms with van der Waals surface area (Å²) in [5.41, 5.74) is 2.98. The Morgan fingerprint density at radius 2 is 1.56 bits per heavy atom. The Kier molecular flexibility index (Phi) is 6.03. The number of methoxy groups -OCH3 is 3. The van der Waals surface area contributed by atoms with Crippen LogP contribution < -0.4 is 24.6 Å². The first-order valence-electron chi connectivity index (χ1n) is 10.1. The minimum Gasteiger partial charge on any atom is -0.496 e. The van der Waals surface area contributed by atoms with Gasteiger partial charge in [-0.25, -0.2) is 4.79 Å². The number of hydrogen-bond acceptors (Lipinski definition) is 6. The molecule has 4 rings (SSSR count). The zero-order valence-electron chi connectivity index (χ0n) is 18.4. The van der Waals surface area contributed by atoms with E-state index in [-0.39, 0.29) is 0 Å². The molecule has 0 unspecified atom stereocenters. The molecule has 1 aromatic heterocycles. The molecular weight excluding hydrogens is 408 g/mol. The van der Waals surface area contributed by atoms with Crippen molar-refractivity contribution in [3.05, 3.63) is 82.2 Å². The average molecular weight is 432 g/mol. The molecule has 0 aliphatic rings. The molecular formula is C26H24O6. The van der Waals surface area contributed by atoms with Crippen LogP contribution in [-0.2, 0) is 6.61 Å². The second-order valence-corrected chi connectivity index (χ2v) is 7.22. The minimum atomic E-state index is -0.427. The standard InChI is InChI=1S/C26H24O6/c1-16-20-11-10-19(31-15-18-7-5-6-8-21(18)28-2)14-23(20)32-26(27)25(16)17-9-12-22(29-3)24(13-17)30-4/h5-14H,15H2,1-4H3. The van der Waals surface area contributed by atoms with E-state index in [1.165, 1.54) is 0 Å². The van der Waals surface area contributed by atoms with Crippen LogP contribution in [0.15, 0.2) is 69.9 Å². The summed E-state index contributed by atoms with van der Waals surface area (Å²) in [5.74, 6) is 2.50. The van der Waals surface area contributed by atoms with Gasteiger partial charge in [0.05, 0.1) is 26.9 Å². The number of fused-ring (bicyclic) bond motifs is 1. The summed E-state index contributed by atoms with van der Waals surface area (Å²) in [6.07, 6.45) is 0. The maximum atomic E-state index is 12.9. The van der Waals surface area contributed by atoms with Gasteiger partial charge in [-0.15, -0.1) is 0 Å². The Bertz CT molecular complexity index is 1320. The summed E-state index contributed by atoms with van der Waals surface area (Å²) in [6, 6.07) is 18.5. The van der Waals surface area contributed by atoms with E-state index < -0.39 is 5.63 Å². The van der Waals surface area contributed by atoms with E-state index in [2.05, 4.69) is 0 Å². The van der Waals surface area contributed by atoms with Crippen molar-refractivity contribution < 1.29 is 23.4 Å². The van der Waals surface area contributed by atoms with Crippen molar-refractivity contribution in [2.24, 2.45) is 0 Å². The molecule has 1 heterocycles. The predicted molar refractivity (Wildman–Crippen MR) is 123 cm³/mol. The van der Waals surface area contributed by atoms with E-state index in [0.717, 1.165) is 22.3 Å². The Labute approximate surface area is 185 Å². The van der Waals surface area contributed by atoms with Gasteiger partial charge < -0.3 is 23.4 Å². The number of rotatable bonds is 7. The van der Waals surface area contributed by atoms with E-state index in [1.54, 1.807) is 39.5 Å². The summed E-state index contributed by atoms with van der Waals surface area (Å²) in [6.45, 7) is 2.24. The lowest BCUT2D eigenvalue weighted by Crippen LogP contribution is -2.06. The quantitative estimate of drug-likeness (QED) is 0.366. The molecule has 32 heavy (non-hydrogen) atoms. The zero-order valence-corrected chi connectivity index (χ0v) is 18.4. The SMILES string of the molecule is COc1ccccc1COc1ccc2c(C)c(-c3ccc(OC)c(OC)c3)c(=O)oc2c1. The van der Waals surface area contributed by atoms with E-state index >= 15 is 0 Å². The maximum Gasteiger partial charge on any atom is 0.344 e. The van der Waals surface area contributed by atoms with Crippen LogP contribution in [0.5, 0.6) is 23.0 Å². The molecule has 0 amide bonds. The number of aryl methyl sites for hydroxylation is 1. The van der Waals surface area contributed by atoms with Crippen LogP contribution in [-0.4, -0.2) is 21.3 Å². The number of ether oxygens (including phenoxy) is 4. The molecule has 0 bridgehead atoms. The Morgan fingerprint density at radius 3 is 2.31 bits per heavy atom. The van der Waals surface area contributed by atoms with Crippen molar-refractivity contribution in [1.82, 2.24) is 0 Å². The molecule has 6 nitrogen and oxygen atoms in total. The first-order valence-corrected chi connectivity index (χ1v) is 10.1. The van der Waals surface area contributed by atoms with Gasteiger partial charge in [0.1, 0.15) is 23.7 Å². The number of hydrogen-bond donors (Lipinski definition) is 0. The summed E-state index contributed by atoms with van der Waals surface area (Å²) >= 11 is 0. The molecule has 0 saturated carbocycles. The highest BCUT2D eigenvalue weighted by Crippen LogP contribution is 2.34. The molecule has 4 aromatic rings. The second-order valence-electron chi connectivity index (χ2n) is 7.22. The van der Waals surface area contributed by atoms with Crippen LogP contribution >= 0.6 is 0 Å². The number of para-hydroxylation sites is 1. The molecule has 0 aliphatic carbocycles. The highest BCUT2D eigenvalue weighted by molar-refractivity contribution is 5.87. The van der Waals surface area contributed by atoms with Crippen molar-refractivity contribution in [1.29, 1.82) is 0 Å². The predicted octanol–water partition coefficient (Wildman–Crippen LogP) is 5.37. The summed E-state index contributed by atoms with van der Waals surface area (Å²) < 4.78 is 27.6. The fraction of sp³-hybridized carbons (Fsp3) is 0.192.